The van der Waals surface area contributed by atoms with Gasteiger partial charge in [-0.05, 0) is 165 Å². The van der Waals surface area contributed by atoms with Crippen molar-refractivity contribution in [2.75, 3.05) is 4.90 Å². The van der Waals surface area contributed by atoms with Gasteiger partial charge in [0.25, 0.3) is 0 Å². The molecule has 0 fully saturated rings. The highest BCUT2D eigenvalue weighted by Gasteiger charge is 2.39. The second-order valence-electron chi connectivity index (χ2n) is 21.7. The maximum absolute atomic E-state index is 2.52. The third-order valence-corrected chi connectivity index (χ3v) is 16.7. The van der Waals surface area contributed by atoms with Gasteiger partial charge in [0.05, 0.1) is 5.69 Å². The highest BCUT2D eigenvalue weighted by atomic mass is 15.1. The van der Waals surface area contributed by atoms with Gasteiger partial charge >= 0.3 is 0 Å². The number of fused-ring (bicyclic) bond motifs is 9. The number of rotatable bonds is 8. The first kappa shape index (κ1) is 44.6. The van der Waals surface area contributed by atoms with Crippen molar-refractivity contribution in [1.82, 2.24) is 0 Å². The van der Waals surface area contributed by atoms with Crippen LogP contribution in [0.1, 0.15) is 49.9 Å². The van der Waals surface area contributed by atoms with Crippen LogP contribution in [0.4, 0.5) is 17.1 Å². The highest BCUT2D eigenvalue weighted by Crippen LogP contribution is 2.55. The maximum Gasteiger partial charge on any atom is 0.0540 e. The zero-order valence-electron chi connectivity index (χ0n) is 42.8. The van der Waals surface area contributed by atoms with Crippen LogP contribution in [0.15, 0.2) is 261 Å². The second-order valence-corrected chi connectivity index (χ2v) is 21.7. The fraction of sp³-hybridized carbons (Fsp3) is 0.0811. The molecule has 0 radical (unpaired) electrons. The Morgan fingerprint density at radius 2 is 0.627 bits per heavy atom. The standard InChI is InChI=1S/C74H55N/c1-73(2)68-44-54(52-29-27-50(28-30-52)48-17-7-5-8-18-48)35-39-63(68)65-41-37-57(46-70(65)73)75(72-26-16-15-23-60(72)53-33-31-51(32-34-53)49-19-9-6-10-20-49)58-38-42-66-64-40-36-56(45-69(64)74(3,4)71(66)47-58)67-43-55-21-11-12-22-59(55)61-24-13-14-25-62(61)67/h5-47H,1-4H3. The fourth-order valence-corrected chi connectivity index (χ4v) is 12.7. The summed E-state index contributed by atoms with van der Waals surface area (Å²) in [5.41, 5.74) is 25.8. The highest BCUT2D eigenvalue weighted by molar-refractivity contribution is 6.14. The van der Waals surface area contributed by atoms with Crippen LogP contribution in [0, 0.1) is 0 Å². The van der Waals surface area contributed by atoms with Crippen LogP contribution in [0.3, 0.4) is 0 Å². The zero-order valence-corrected chi connectivity index (χ0v) is 42.8. The Morgan fingerprint density at radius 3 is 1.20 bits per heavy atom. The summed E-state index contributed by atoms with van der Waals surface area (Å²) >= 11 is 0. The van der Waals surface area contributed by atoms with Crippen LogP contribution < -0.4 is 4.90 Å². The SMILES string of the molecule is CC1(C)c2cc(-c3ccc(-c4ccccc4)cc3)ccc2-c2ccc(N(c3ccc4c(c3)C(C)(C)c3cc(-c5cc6ccccc6c6ccccc56)ccc3-4)c3ccccc3-c3ccc(-c4ccccc4)cc3)cc21. The largest absolute Gasteiger partial charge is 0.310 e. The molecular formula is C74H55N. The van der Waals surface area contributed by atoms with Crippen LogP contribution in [-0.4, -0.2) is 0 Å². The smallest absolute Gasteiger partial charge is 0.0540 e. The lowest BCUT2D eigenvalue weighted by Gasteiger charge is -2.31. The van der Waals surface area contributed by atoms with Gasteiger partial charge in [0.1, 0.15) is 0 Å². The van der Waals surface area contributed by atoms with E-state index < -0.39 is 0 Å². The average Bonchev–Trinajstić information content (AvgIpc) is 3.91. The Hall–Kier alpha value is -9.04. The molecule has 0 aromatic heterocycles. The summed E-state index contributed by atoms with van der Waals surface area (Å²) < 4.78 is 0. The third-order valence-electron chi connectivity index (χ3n) is 16.7. The minimum atomic E-state index is -0.261. The number of para-hydroxylation sites is 1. The van der Waals surface area contributed by atoms with Gasteiger partial charge in [-0.15, -0.1) is 0 Å². The van der Waals surface area contributed by atoms with Gasteiger partial charge in [0.2, 0.25) is 0 Å². The molecule has 0 spiro atoms. The van der Waals surface area contributed by atoms with Crippen molar-refractivity contribution in [2.24, 2.45) is 0 Å². The molecule has 0 heterocycles. The minimum absolute atomic E-state index is 0.241. The molecule has 0 aliphatic heterocycles. The normalized spacial score (nSPS) is 13.5. The predicted octanol–water partition coefficient (Wildman–Crippen LogP) is 20.4. The molecule has 1 nitrogen and oxygen atoms in total. The first-order valence-electron chi connectivity index (χ1n) is 26.4. The molecule has 1 heteroatoms. The van der Waals surface area contributed by atoms with Gasteiger partial charge in [-0.3, -0.25) is 0 Å². The summed E-state index contributed by atoms with van der Waals surface area (Å²) in [4.78, 5) is 2.52. The molecular weight excluding hydrogens is 903 g/mol. The first-order valence-corrected chi connectivity index (χ1v) is 26.4. The van der Waals surface area contributed by atoms with E-state index in [-0.39, 0.29) is 10.8 Å². The molecule has 2 aliphatic carbocycles. The molecule has 356 valence electrons. The van der Waals surface area contributed by atoms with Crippen molar-refractivity contribution < 1.29 is 0 Å². The number of hydrogen-bond donors (Lipinski definition) is 0. The molecule has 0 saturated heterocycles. The van der Waals surface area contributed by atoms with Gasteiger partial charge in [0.15, 0.2) is 0 Å². The van der Waals surface area contributed by atoms with Gasteiger partial charge in [-0.1, -0.05) is 240 Å². The molecule has 0 bridgehead atoms. The summed E-state index contributed by atoms with van der Waals surface area (Å²) in [5.74, 6) is 0. The molecule has 14 rings (SSSR count). The fourth-order valence-electron chi connectivity index (χ4n) is 12.7. The van der Waals surface area contributed by atoms with E-state index in [1.165, 1.54) is 122 Å². The van der Waals surface area contributed by atoms with E-state index >= 15 is 0 Å². The van der Waals surface area contributed by atoms with E-state index in [0.29, 0.717) is 0 Å². The lowest BCUT2D eigenvalue weighted by Crippen LogP contribution is -2.18. The summed E-state index contributed by atoms with van der Waals surface area (Å²) in [6.45, 7) is 9.63. The molecule has 0 N–H and O–H groups in total. The van der Waals surface area contributed by atoms with Crippen molar-refractivity contribution >= 4 is 38.6 Å². The van der Waals surface area contributed by atoms with Crippen molar-refractivity contribution in [3.8, 4) is 77.9 Å². The third kappa shape index (κ3) is 7.29. The Balaban J connectivity index is 0.881. The molecule has 0 amide bonds. The van der Waals surface area contributed by atoms with Crippen molar-refractivity contribution in [1.29, 1.82) is 0 Å². The molecule has 12 aromatic rings. The van der Waals surface area contributed by atoms with E-state index in [0.717, 1.165) is 17.1 Å². The van der Waals surface area contributed by atoms with Crippen molar-refractivity contribution in [2.45, 2.75) is 38.5 Å². The summed E-state index contributed by atoms with van der Waals surface area (Å²) in [6, 6.07) is 97.1. The molecule has 75 heavy (non-hydrogen) atoms. The summed E-state index contributed by atoms with van der Waals surface area (Å²) in [7, 11) is 0. The molecule has 0 unspecified atom stereocenters. The molecule has 0 saturated carbocycles. The molecule has 2 aliphatic rings. The van der Waals surface area contributed by atoms with E-state index in [1.54, 1.807) is 0 Å². The lowest BCUT2D eigenvalue weighted by atomic mass is 9.81. The quantitative estimate of drug-likeness (QED) is 0.137. The van der Waals surface area contributed by atoms with Gasteiger partial charge in [-0.25, -0.2) is 0 Å². The van der Waals surface area contributed by atoms with Crippen LogP contribution in [-0.2, 0) is 10.8 Å². The van der Waals surface area contributed by atoms with Gasteiger partial charge < -0.3 is 4.90 Å². The number of anilines is 3. The van der Waals surface area contributed by atoms with Crippen LogP contribution in [0.5, 0.6) is 0 Å². The second kappa shape index (κ2) is 17.3. The monoisotopic (exact) mass is 957 g/mol. The lowest BCUT2D eigenvalue weighted by molar-refractivity contribution is 0.660. The zero-order chi connectivity index (χ0) is 50.4. The Morgan fingerprint density at radius 1 is 0.240 bits per heavy atom. The van der Waals surface area contributed by atoms with E-state index in [4.69, 9.17) is 0 Å². The van der Waals surface area contributed by atoms with Crippen molar-refractivity contribution in [3.63, 3.8) is 0 Å². The topological polar surface area (TPSA) is 3.24 Å². The van der Waals surface area contributed by atoms with E-state index in [9.17, 15) is 0 Å². The van der Waals surface area contributed by atoms with Gasteiger partial charge in [0, 0.05) is 27.8 Å². The summed E-state index contributed by atoms with van der Waals surface area (Å²) in [6.07, 6.45) is 0. The Kier molecular flexibility index (Phi) is 10.3. The molecule has 12 aromatic carbocycles. The van der Waals surface area contributed by atoms with Crippen LogP contribution in [0.25, 0.3) is 99.4 Å². The average molecular weight is 958 g/mol. The number of nitrogens with zero attached hydrogens (tertiary/aromatic N) is 1. The Bertz CT molecular complexity index is 4200. The van der Waals surface area contributed by atoms with Crippen LogP contribution in [0.2, 0.25) is 0 Å². The first-order chi connectivity index (χ1) is 36.7. The van der Waals surface area contributed by atoms with Gasteiger partial charge in [-0.2, -0.15) is 0 Å². The minimum Gasteiger partial charge on any atom is -0.310 e. The van der Waals surface area contributed by atoms with Crippen LogP contribution >= 0.6 is 0 Å². The summed E-state index contributed by atoms with van der Waals surface area (Å²) in [5, 5.41) is 5.13. The van der Waals surface area contributed by atoms with E-state index in [1.807, 2.05) is 0 Å². The Labute approximate surface area is 440 Å². The number of benzene rings is 12. The predicted molar refractivity (Wildman–Crippen MR) is 318 cm³/mol. The number of hydrogen-bond acceptors (Lipinski definition) is 1. The van der Waals surface area contributed by atoms with E-state index in [2.05, 4.69) is 293 Å². The van der Waals surface area contributed by atoms with Crippen molar-refractivity contribution in [3.05, 3.63) is 283 Å². The molecule has 0 atom stereocenters. The maximum atomic E-state index is 2.52.